The number of alkyl halides is 3. The van der Waals surface area contributed by atoms with Crippen LogP contribution >= 0.6 is 23.4 Å². The predicted octanol–water partition coefficient (Wildman–Crippen LogP) is 2.75. The molecule has 1 aromatic carbocycles. The second-order valence-electron chi connectivity index (χ2n) is 4.43. The van der Waals surface area contributed by atoms with Gasteiger partial charge in [-0.05, 0) is 30.9 Å². The van der Waals surface area contributed by atoms with E-state index in [2.05, 4.69) is 4.72 Å². The molecule has 22 heavy (non-hydrogen) atoms. The Labute approximate surface area is 136 Å². The molecule has 2 N–H and O–H groups in total. The van der Waals surface area contributed by atoms with Gasteiger partial charge < -0.3 is 5.11 Å². The minimum absolute atomic E-state index is 0.149. The van der Waals surface area contributed by atoms with E-state index in [9.17, 15) is 21.6 Å². The van der Waals surface area contributed by atoms with Crippen LogP contribution in [0.4, 0.5) is 13.2 Å². The lowest BCUT2D eigenvalue weighted by molar-refractivity contribution is -0.137. The summed E-state index contributed by atoms with van der Waals surface area (Å²) in [6.45, 7) is -0.246. The van der Waals surface area contributed by atoms with Gasteiger partial charge in [0.2, 0.25) is 10.0 Å². The summed E-state index contributed by atoms with van der Waals surface area (Å²) in [5.41, 5.74) is -1.10. The number of halogens is 4. The van der Waals surface area contributed by atoms with Crippen molar-refractivity contribution in [3.8, 4) is 0 Å². The van der Waals surface area contributed by atoms with Crippen LogP contribution in [0, 0.1) is 0 Å². The number of rotatable bonds is 7. The zero-order valence-corrected chi connectivity index (χ0v) is 13.9. The van der Waals surface area contributed by atoms with Gasteiger partial charge in [0.1, 0.15) is 4.90 Å². The molecule has 0 saturated heterocycles. The fraction of sp³-hybridized carbons (Fsp3) is 0.500. The number of benzene rings is 1. The molecule has 4 nitrogen and oxygen atoms in total. The van der Waals surface area contributed by atoms with Crippen LogP contribution in [0.1, 0.15) is 12.0 Å². The fourth-order valence-electron chi connectivity index (χ4n) is 1.70. The van der Waals surface area contributed by atoms with E-state index in [1.165, 1.54) is 11.8 Å². The lowest BCUT2D eigenvalue weighted by atomic mass is 10.2. The lowest BCUT2D eigenvalue weighted by Crippen LogP contribution is -2.37. The molecule has 0 spiro atoms. The van der Waals surface area contributed by atoms with Crippen molar-refractivity contribution in [1.82, 2.24) is 4.72 Å². The van der Waals surface area contributed by atoms with Gasteiger partial charge in [0.15, 0.2) is 0 Å². The molecule has 126 valence electrons. The Hall–Kier alpha value is -0.480. The minimum atomic E-state index is -4.67. The highest BCUT2D eigenvalue weighted by Crippen LogP contribution is 2.33. The zero-order valence-electron chi connectivity index (χ0n) is 11.5. The molecule has 0 bridgehead atoms. The summed E-state index contributed by atoms with van der Waals surface area (Å²) in [6.07, 6.45) is -2.77. The SMILES string of the molecule is CSCC(CCO)NS(=O)(=O)c1cc(C(F)(F)F)ccc1Cl. The van der Waals surface area contributed by atoms with Crippen LogP contribution in [0.15, 0.2) is 23.1 Å². The maximum Gasteiger partial charge on any atom is 0.416 e. The van der Waals surface area contributed by atoms with Crippen molar-refractivity contribution in [3.63, 3.8) is 0 Å². The summed E-state index contributed by atoms with van der Waals surface area (Å²) in [4.78, 5) is -0.631. The average molecular weight is 378 g/mol. The van der Waals surface area contributed by atoms with Gasteiger partial charge in [-0.1, -0.05) is 11.6 Å². The highest BCUT2D eigenvalue weighted by Gasteiger charge is 2.33. The van der Waals surface area contributed by atoms with Crippen LogP contribution < -0.4 is 4.72 Å². The molecule has 1 unspecified atom stereocenters. The Morgan fingerprint density at radius 3 is 2.55 bits per heavy atom. The maximum atomic E-state index is 12.7. The van der Waals surface area contributed by atoms with E-state index in [4.69, 9.17) is 16.7 Å². The summed E-state index contributed by atoms with van der Waals surface area (Å²) >= 11 is 7.07. The van der Waals surface area contributed by atoms with Gasteiger partial charge in [0.05, 0.1) is 10.6 Å². The Morgan fingerprint density at radius 1 is 1.41 bits per heavy atom. The van der Waals surface area contributed by atoms with Gasteiger partial charge in [-0.15, -0.1) is 0 Å². The number of sulfonamides is 1. The monoisotopic (exact) mass is 377 g/mol. The third-order valence-corrected chi connectivity index (χ3v) is 5.45. The van der Waals surface area contributed by atoms with Gasteiger partial charge in [0.25, 0.3) is 0 Å². The summed E-state index contributed by atoms with van der Waals surface area (Å²) in [5, 5.41) is 8.62. The average Bonchev–Trinajstić information content (AvgIpc) is 2.37. The minimum Gasteiger partial charge on any atom is -0.396 e. The molecule has 0 aliphatic rings. The third-order valence-electron chi connectivity index (χ3n) is 2.72. The topological polar surface area (TPSA) is 66.4 Å². The van der Waals surface area contributed by atoms with E-state index in [1.807, 2.05) is 0 Å². The van der Waals surface area contributed by atoms with E-state index in [0.29, 0.717) is 17.9 Å². The van der Waals surface area contributed by atoms with Gasteiger partial charge in [-0.3, -0.25) is 0 Å². The van der Waals surface area contributed by atoms with E-state index >= 15 is 0 Å². The molecule has 1 aromatic rings. The summed E-state index contributed by atoms with van der Waals surface area (Å²) < 4.78 is 64.8. The molecule has 1 atom stereocenters. The van der Waals surface area contributed by atoms with Crippen molar-refractivity contribution >= 4 is 33.4 Å². The first-order valence-corrected chi connectivity index (χ1v) is 9.36. The van der Waals surface area contributed by atoms with Gasteiger partial charge in [-0.25, -0.2) is 13.1 Å². The third kappa shape index (κ3) is 5.31. The smallest absolute Gasteiger partial charge is 0.396 e. The molecular weight excluding hydrogens is 363 g/mol. The molecule has 0 amide bonds. The summed E-state index contributed by atoms with van der Waals surface area (Å²) in [5.74, 6) is 0.371. The number of hydrogen-bond acceptors (Lipinski definition) is 4. The maximum absolute atomic E-state index is 12.7. The first-order chi connectivity index (χ1) is 10.1. The van der Waals surface area contributed by atoms with Gasteiger partial charge in [-0.2, -0.15) is 24.9 Å². The highest BCUT2D eigenvalue weighted by atomic mass is 35.5. The van der Waals surface area contributed by atoms with Crippen molar-refractivity contribution in [3.05, 3.63) is 28.8 Å². The molecule has 0 aliphatic heterocycles. The molecule has 10 heteroatoms. The molecular formula is C12H15ClF3NO3S2. The van der Waals surface area contributed by atoms with Crippen LogP contribution in [0.2, 0.25) is 5.02 Å². The molecule has 0 aliphatic carbocycles. The van der Waals surface area contributed by atoms with E-state index in [0.717, 1.165) is 6.07 Å². The van der Waals surface area contributed by atoms with Crippen molar-refractivity contribution in [2.45, 2.75) is 23.5 Å². The summed E-state index contributed by atoms with van der Waals surface area (Å²) in [7, 11) is -4.22. The molecule has 0 heterocycles. The van der Waals surface area contributed by atoms with Crippen LogP contribution in [-0.4, -0.2) is 38.2 Å². The van der Waals surface area contributed by atoms with E-state index in [-0.39, 0.29) is 18.1 Å². The molecule has 0 fully saturated rings. The molecule has 0 radical (unpaired) electrons. The zero-order chi connectivity index (χ0) is 17.0. The Kier molecular flexibility index (Phi) is 7.00. The summed E-state index contributed by atoms with van der Waals surface area (Å²) in [6, 6.07) is 1.51. The van der Waals surface area contributed by atoms with Crippen molar-refractivity contribution in [2.75, 3.05) is 18.6 Å². The molecule has 0 aromatic heterocycles. The first kappa shape index (κ1) is 19.6. The van der Waals surface area contributed by atoms with Crippen LogP contribution in [-0.2, 0) is 16.2 Å². The predicted molar refractivity (Wildman–Crippen MR) is 80.6 cm³/mol. The van der Waals surface area contributed by atoms with E-state index in [1.54, 1.807) is 6.26 Å². The van der Waals surface area contributed by atoms with Crippen molar-refractivity contribution in [1.29, 1.82) is 0 Å². The lowest BCUT2D eigenvalue weighted by Gasteiger charge is -2.18. The van der Waals surface area contributed by atoms with Crippen LogP contribution in [0.25, 0.3) is 0 Å². The Balaban J connectivity index is 3.16. The quantitative estimate of drug-likeness (QED) is 0.766. The second-order valence-corrected chi connectivity index (χ2v) is 7.43. The second kappa shape index (κ2) is 7.87. The Morgan fingerprint density at radius 2 is 2.05 bits per heavy atom. The van der Waals surface area contributed by atoms with Gasteiger partial charge >= 0.3 is 6.18 Å². The number of thioether (sulfide) groups is 1. The normalized spacial score (nSPS) is 14.1. The number of hydrogen-bond donors (Lipinski definition) is 2. The number of nitrogens with one attached hydrogen (secondary N) is 1. The molecule has 1 rings (SSSR count). The Bertz CT molecular complexity index is 602. The number of aliphatic hydroxyl groups is 1. The van der Waals surface area contributed by atoms with Crippen LogP contribution in [0.5, 0.6) is 0 Å². The molecule has 0 saturated carbocycles. The van der Waals surface area contributed by atoms with Gasteiger partial charge in [0, 0.05) is 18.4 Å². The van der Waals surface area contributed by atoms with Crippen molar-refractivity contribution < 1.29 is 26.7 Å². The number of aliphatic hydroxyl groups excluding tert-OH is 1. The first-order valence-electron chi connectivity index (χ1n) is 6.10. The largest absolute Gasteiger partial charge is 0.416 e. The standard InChI is InChI=1S/C12H15ClF3NO3S2/c1-21-7-9(4-5-18)17-22(19,20)11-6-8(12(14,15)16)2-3-10(11)13/h2-3,6,9,17-18H,4-5,7H2,1H3. The van der Waals surface area contributed by atoms with Crippen molar-refractivity contribution in [2.24, 2.45) is 0 Å². The highest BCUT2D eigenvalue weighted by molar-refractivity contribution is 7.98. The van der Waals surface area contributed by atoms with E-state index < -0.39 is 32.7 Å². The van der Waals surface area contributed by atoms with Crippen LogP contribution in [0.3, 0.4) is 0 Å². The fourth-order valence-corrected chi connectivity index (χ4v) is 4.26.